The first-order valence-electron chi connectivity index (χ1n) is 10.2. The Bertz CT molecular complexity index is 874. The van der Waals surface area contributed by atoms with Gasteiger partial charge in [-0.1, -0.05) is 25.0 Å². The number of carbonyl (C=O) groups excluding carboxylic acids is 2. The van der Waals surface area contributed by atoms with Gasteiger partial charge in [0.2, 0.25) is 5.91 Å². The lowest BCUT2D eigenvalue weighted by atomic mass is 10.1. The zero-order valence-corrected chi connectivity index (χ0v) is 18.0. The minimum absolute atomic E-state index is 0.0684. The van der Waals surface area contributed by atoms with Crippen LogP contribution >= 0.6 is 12.2 Å². The van der Waals surface area contributed by atoms with Crippen LogP contribution in [0.3, 0.4) is 0 Å². The molecule has 0 spiro atoms. The molecule has 0 saturated carbocycles. The van der Waals surface area contributed by atoms with E-state index in [9.17, 15) is 9.59 Å². The van der Waals surface area contributed by atoms with Crippen LogP contribution in [0.2, 0.25) is 0 Å². The molecule has 2 amide bonds. The third-order valence-electron chi connectivity index (χ3n) is 5.06. The second-order valence-corrected chi connectivity index (χ2v) is 7.72. The van der Waals surface area contributed by atoms with E-state index >= 15 is 0 Å². The minimum atomic E-state index is -0.203. The van der Waals surface area contributed by atoms with E-state index in [1.54, 1.807) is 31.4 Å². The van der Waals surface area contributed by atoms with Gasteiger partial charge in [0.1, 0.15) is 5.75 Å². The Morgan fingerprint density at radius 3 is 2.20 bits per heavy atom. The summed E-state index contributed by atoms with van der Waals surface area (Å²) in [5.74, 6) is 0.610. The SMILES string of the molecule is COc1ccc(CC(=O)NC(=S)Nc2ccc(C(=O)N3CCCCCC3)cc2)cc1. The zero-order chi connectivity index (χ0) is 21.3. The molecule has 0 aromatic heterocycles. The van der Waals surface area contributed by atoms with Crippen molar-refractivity contribution < 1.29 is 14.3 Å². The summed E-state index contributed by atoms with van der Waals surface area (Å²) >= 11 is 5.23. The van der Waals surface area contributed by atoms with E-state index in [4.69, 9.17) is 17.0 Å². The number of nitrogens with zero attached hydrogens (tertiary/aromatic N) is 1. The molecule has 3 rings (SSSR count). The number of carbonyl (C=O) groups is 2. The van der Waals surface area contributed by atoms with Crippen LogP contribution in [0, 0.1) is 0 Å². The number of ether oxygens (including phenoxy) is 1. The van der Waals surface area contributed by atoms with Crippen LogP contribution in [0.5, 0.6) is 5.75 Å². The number of thiocarbonyl (C=S) groups is 1. The molecule has 0 bridgehead atoms. The molecular formula is C23H27N3O3S. The minimum Gasteiger partial charge on any atom is -0.497 e. The lowest BCUT2D eigenvalue weighted by Crippen LogP contribution is -2.35. The molecule has 1 aliphatic heterocycles. The van der Waals surface area contributed by atoms with Gasteiger partial charge in [0.15, 0.2) is 5.11 Å². The van der Waals surface area contributed by atoms with Crippen LogP contribution < -0.4 is 15.4 Å². The second kappa shape index (κ2) is 10.7. The summed E-state index contributed by atoms with van der Waals surface area (Å²) in [6, 6.07) is 14.5. The molecule has 1 aliphatic rings. The average Bonchev–Trinajstić information content (AvgIpc) is 3.04. The molecule has 2 N–H and O–H groups in total. The fraction of sp³-hybridized carbons (Fsp3) is 0.348. The number of benzene rings is 2. The van der Waals surface area contributed by atoms with E-state index in [0.717, 1.165) is 42.9 Å². The van der Waals surface area contributed by atoms with Gasteiger partial charge in [0.05, 0.1) is 13.5 Å². The first-order valence-corrected chi connectivity index (χ1v) is 10.6. The highest BCUT2D eigenvalue weighted by Crippen LogP contribution is 2.16. The number of anilines is 1. The number of hydrogen-bond donors (Lipinski definition) is 2. The molecule has 2 aromatic carbocycles. The number of amides is 2. The zero-order valence-electron chi connectivity index (χ0n) is 17.1. The maximum Gasteiger partial charge on any atom is 0.253 e. The Kier molecular flexibility index (Phi) is 7.79. The van der Waals surface area contributed by atoms with Crippen LogP contribution in [0.4, 0.5) is 5.69 Å². The van der Waals surface area contributed by atoms with Crippen molar-refractivity contribution in [3.63, 3.8) is 0 Å². The molecule has 30 heavy (non-hydrogen) atoms. The van der Waals surface area contributed by atoms with Crippen molar-refractivity contribution in [1.82, 2.24) is 10.2 Å². The predicted molar refractivity (Wildman–Crippen MR) is 122 cm³/mol. The van der Waals surface area contributed by atoms with Gasteiger partial charge in [-0.05, 0) is 67.0 Å². The molecule has 6 nitrogen and oxygen atoms in total. The summed E-state index contributed by atoms with van der Waals surface area (Å²) in [7, 11) is 1.60. The highest BCUT2D eigenvalue weighted by molar-refractivity contribution is 7.80. The summed E-state index contributed by atoms with van der Waals surface area (Å²) in [5, 5.41) is 5.89. The van der Waals surface area contributed by atoms with Gasteiger partial charge in [0.25, 0.3) is 5.91 Å². The van der Waals surface area contributed by atoms with E-state index in [0.29, 0.717) is 5.56 Å². The van der Waals surface area contributed by atoms with Gasteiger partial charge in [-0.25, -0.2) is 0 Å². The second-order valence-electron chi connectivity index (χ2n) is 7.31. The molecule has 0 aliphatic carbocycles. The molecule has 1 fully saturated rings. The monoisotopic (exact) mass is 425 g/mol. The largest absolute Gasteiger partial charge is 0.497 e. The Balaban J connectivity index is 1.49. The van der Waals surface area contributed by atoms with Gasteiger partial charge in [-0.3, -0.25) is 9.59 Å². The van der Waals surface area contributed by atoms with Crippen molar-refractivity contribution in [2.75, 3.05) is 25.5 Å². The average molecular weight is 426 g/mol. The van der Waals surface area contributed by atoms with Crippen molar-refractivity contribution in [1.29, 1.82) is 0 Å². The van der Waals surface area contributed by atoms with Gasteiger partial charge < -0.3 is 20.3 Å². The van der Waals surface area contributed by atoms with Crippen molar-refractivity contribution in [2.45, 2.75) is 32.1 Å². The highest BCUT2D eigenvalue weighted by Gasteiger charge is 2.17. The van der Waals surface area contributed by atoms with E-state index in [-0.39, 0.29) is 23.3 Å². The first-order chi connectivity index (χ1) is 14.5. The quantitative estimate of drug-likeness (QED) is 0.714. The molecule has 0 unspecified atom stereocenters. The maximum atomic E-state index is 12.7. The smallest absolute Gasteiger partial charge is 0.253 e. The Hall–Kier alpha value is -2.93. The highest BCUT2D eigenvalue weighted by atomic mass is 32.1. The van der Waals surface area contributed by atoms with Crippen molar-refractivity contribution in [3.8, 4) is 5.75 Å². The summed E-state index contributed by atoms with van der Waals surface area (Å²) in [4.78, 5) is 26.8. The maximum absolute atomic E-state index is 12.7. The first kappa shape index (κ1) is 21.8. The normalized spacial score (nSPS) is 13.8. The fourth-order valence-corrected chi connectivity index (χ4v) is 3.65. The Morgan fingerprint density at radius 2 is 1.60 bits per heavy atom. The van der Waals surface area contributed by atoms with Crippen LogP contribution in [0.1, 0.15) is 41.6 Å². The van der Waals surface area contributed by atoms with Crippen LogP contribution in [0.25, 0.3) is 0 Å². The Morgan fingerprint density at radius 1 is 0.967 bits per heavy atom. The number of nitrogens with one attached hydrogen (secondary N) is 2. The Labute approximate surface area is 182 Å². The van der Waals surface area contributed by atoms with Crippen molar-refractivity contribution >= 4 is 34.8 Å². The number of hydrogen-bond acceptors (Lipinski definition) is 4. The van der Waals surface area contributed by atoms with Crippen LogP contribution in [-0.2, 0) is 11.2 Å². The molecule has 0 atom stereocenters. The van der Waals surface area contributed by atoms with E-state index in [2.05, 4.69) is 10.6 Å². The van der Waals surface area contributed by atoms with E-state index in [1.165, 1.54) is 12.8 Å². The molecular weight excluding hydrogens is 398 g/mol. The lowest BCUT2D eigenvalue weighted by molar-refractivity contribution is -0.119. The van der Waals surface area contributed by atoms with E-state index in [1.807, 2.05) is 29.2 Å². The van der Waals surface area contributed by atoms with Gasteiger partial charge >= 0.3 is 0 Å². The van der Waals surface area contributed by atoms with Crippen LogP contribution in [0.15, 0.2) is 48.5 Å². The number of likely N-dealkylation sites (tertiary alicyclic amines) is 1. The van der Waals surface area contributed by atoms with Gasteiger partial charge in [0, 0.05) is 24.3 Å². The standard InChI is InChI=1S/C23H27N3O3S/c1-29-20-12-6-17(7-13-20)16-21(27)25-23(30)24-19-10-8-18(9-11-19)22(28)26-14-4-2-3-5-15-26/h6-13H,2-5,14-16H2,1H3,(H2,24,25,27,30). The summed E-state index contributed by atoms with van der Waals surface area (Å²) in [5.41, 5.74) is 2.25. The fourth-order valence-electron chi connectivity index (χ4n) is 3.41. The third-order valence-corrected chi connectivity index (χ3v) is 5.26. The number of methoxy groups -OCH3 is 1. The van der Waals surface area contributed by atoms with Crippen molar-refractivity contribution in [3.05, 3.63) is 59.7 Å². The van der Waals surface area contributed by atoms with E-state index < -0.39 is 0 Å². The summed E-state index contributed by atoms with van der Waals surface area (Å²) in [6.07, 6.45) is 4.73. The molecule has 158 valence electrons. The molecule has 7 heteroatoms. The number of rotatable bonds is 5. The van der Waals surface area contributed by atoms with Crippen LogP contribution in [-0.4, -0.2) is 42.0 Å². The topological polar surface area (TPSA) is 70.7 Å². The molecule has 2 aromatic rings. The molecule has 0 radical (unpaired) electrons. The summed E-state index contributed by atoms with van der Waals surface area (Å²) in [6.45, 7) is 1.65. The summed E-state index contributed by atoms with van der Waals surface area (Å²) < 4.78 is 5.11. The van der Waals surface area contributed by atoms with Gasteiger partial charge in [-0.15, -0.1) is 0 Å². The molecule has 1 saturated heterocycles. The third kappa shape index (κ3) is 6.29. The van der Waals surface area contributed by atoms with Crippen molar-refractivity contribution in [2.24, 2.45) is 0 Å². The van der Waals surface area contributed by atoms with Gasteiger partial charge in [-0.2, -0.15) is 0 Å². The predicted octanol–water partition coefficient (Wildman–Crippen LogP) is 3.77. The molecule has 1 heterocycles. The lowest BCUT2D eigenvalue weighted by Gasteiger charge is -2.20.